The van der Waals surface area contributed by atoms with Crippen molar-refractivity contribution < 1.29 is 27.9 Å². The molecular weight excluding hydrogens is 310 g/mol. The van der Waals surface area contributed by atoms with Gasteiger partial charge in [-0.05, 0) is 31.5 Å². The van der Waals surface area contributed by atoms with Crippen LogP contribution in [-0.2, 0) is 25.3 Å². The third-order valence-electron chi connectivity index (χ3n) is 2.92. The summed E-state index contributed by atoms with van der Waals surface area (Å²) in [6.07, 6.45) is 0. The van der Waals surface area contributed by atoms with E-state index in [2.05, 4.69) is 4.74 Å². The molecule has 1 N–H and O–H groups in total. The summed E-state index contributed by atoms with van der Waals surface area (Å²) in [7, 11) is -2.58. The Kier molecular flexibility index (Phi) is 6.07. The second kappa shape index (κ2) is 7.37. The molecular formula is C14H19NO6S. The average molecular weight is 329 g/mol. The van der Waals surface area contributed by atoms with Crippen molar-refractivity contribution in [2.75, 3.05) is 13.7 Å². The molecule has 1 aromatic rings. The first kappa shape index (κ1) is 18.1. The Morgan fingerprint density at radius 2 is 1.95 bits per heavy atom. The minimum Gasteiger partial charge on any atom is -0.480 e. The molecule has 0 atom stereocenters. The molecule has 0 radical (unpaired) electrons. The van der Waals surface area contributed by atoms with Crippen molar-refractivity contribution in [3.8, 4) is 0 Å². The van der Waals surface area contributed by atoms with Crippen LogP contribution in [0.25, 0.3) is 0 Å². The summed E-state index contributed by atoms with van der Waals surface area (Å²) < 4.78 is 30.2. The molecule has 1 aromatic carbocycles. The third kappa shape index (κ3) is 4.81. The fourth-order valence-electron chi connectivity index (χ4n) is 1.93. The highest BCUT2D eigenvalue weighted by Crippen LogP contribution is 2.15. The number of hydrogen-bond donors (Lipinski definition) is 1. The molecule has 0 aliphatic carbocycles. The number of carboxylic acids is 1. The number of benzene rings is 1. The summed E-state index contributed by atoms with van der Waals surface area (Å²) in [5.74, 6) is -2.17. The number of methoxy groups -OCH3 is 1. The molecule has 0 aromatic heterocycles. The van der Waals surface area contributed by atoms with E-state index in [4.69, 9.17) is 5.11 Å². The minimum absolute atomic E-state index is 0.240. The molecule has 0 saturated heterocycles. The predicted molar refractivity (Wildman–Crippen MR) is 79.9 cm³/mol. The second-order valence-corrected chi connectivity index (χ2v) is 6.90. The molecule has 1 rings (SSSR count). The second-order valence-electron chi connectivity index (χ2n) is 4.98. The lowest BCUT2D eigenvalue weighted by Crippen LogP contribution is -2.41. The van der Waals surface area contributed by atoms with E-state index < -0.39 is 34.5 Å². The lowest BCUT2D eigenvalue weighted by molar-refractivity contribution is -0.137. The number of carbonyl (C=O) groups is 2. The maximum absolute atomic E-state index is 12.4. The van der Waals surface area contributed by atoms with Crippen LogP contribution in [0.1, 0.15) is 29.8 Å². The Bertz CT molecular complexity index is 653. The van der Waals surface area contributed by atoms with Crippen LogP contribution in [0.15, 0.2) is 24.3 Å². The van der Waals surface area contributed by atoms with Gasteiger partial charge >= 0.3 is 11.9 Å². The number of sulfonamides is 1. The fourth-order valence-corrected chi connectivity index (χ4v) is 3.65. The van der Waals surface area contributed by atoms with Crippen LogP contribution >= 0.6 is 0 Å². The smallest absolute Gasteiger partial charge is 0.337 e. The van der Waals surface area contributed by atoms with Crippen LogP contribution in [0.2, 0.25) is 0 Å². The van der Waals surface area contributed by atoms with Gasteiger partial charge in [0.05, 0.1) is 18.4 Å². The highest BCUT2D eigenvalue weighted by molar-refractivity contribution is 7.88. The van der Waals surface area contributed by atoms with E-state index in [0.717, 1.165) is 4.31 Å². The van der Waals surface area contributed by atoms with Crippen molar-refractivity contribution in [3.63, 3.8) is 0 Å². The van der Waals surface area contributed by atoms with Gasteiger partial charge in [0.15, 0.2) is 0 Å². The molecule has 0 aliphatic rings. The molecule has 0 saturated carbocycles. The zero-order chi connectivity index (χ0) is 16.9. The predicted octanol–water partition coefficient (Wildman–Crippen LogP) is 1.10. The first-order valence-corrected chi connectivity index (χ1v) is 8.17. The number of carbonyl (C=O) groups excluding carboxylic acids is 1. The molecule has 7 nitrogen and oxygen atoms in total. The zero-order valence-corrected chi connectivity index (χ0v) is 13.5. The van der Waals surface area contributed by atoms with E-state index in [1.807, 2.05) is 0 Å². The first-order chi connectivity index (χ1) is 10.2. The van der Waals surface area contributed by atoms with Gasteiger partial charge in [-0.25, -0.2) is 13.2 Å². The Morgan fingerprint density at radius 1 is 1.32 bits per heavy atom. The van der Waals surface area contributed by atoms with E-state index in [-0.39, 0.29) is 11.3 Å². The van der Waals surface area contributed by atoms with Gasteiger partial charge in [0, 0.05) is 6.04 Å². The zero-order valence-electron chi connectivity index (χ0n) is 12.6. The van der Waals surface area contributed by atoms with Crippen molar-refractivity contribution in [2.24, 2.45) is 0 Å². The topological polar surface area (TPSA) is 101 Å². The van der Waals surface area contributed by atoms with Crippen LogP contribution in [0.5, 0.6) is 0 Å². The summed E-state index contributed by atoms with van der Waals surface area (Å²) in [6.45, 7) is 2.60. The molecule has 22 heavy (non-hydrogen) atoms. The van der Waals surface area contributed by atoms with Crippen LogP contribution < -0.4 is 0 Å². The molecule has 0 unspecified atom stereocenters. The first-order valence-electron chi connectivity index (χ1n) is 6.56. The highest BCUT2D eigenvalue weighted by atomic mass is 32.2. The molecule has 0 aliphatic heterocycles. The van der Waals surface area contributed by atoms with Gasteiger partial charge in [-0.2, -0.15) is 4.31 Å². The Labute approximate surface area is 129 Å². The number of ether oxygens (including phenoxy) is 1. The summed E-state index contributed by atoms with van der Waals surface area (Å²) in [5.41, 5.74) is 0.628. The summed E-state index contributed by atoms with van der Waals surface area (Å²) in [5, 5.41) is 8.84. The van der Waals surface area contributed by atoms with Gasteiger partial charge in [0.1, 0.15) is 6.54 Å². The standard InChI is InChI=1S/C14H19NO6S/c1-10(2)15(8-13(16)17)22(19,20)9-11-5-4-6-12(7-11)14(18)21-3/h4-7,10H,8-9H2,1-3H3,(H,16,17). The molecule has 122 valence electrons. The third-order valence-corrected chi connectivity index (χ3v) is 4.88. The van der Waals surface area contributed by atoms with Gasteiger partial charge in [-0.3, -0.25) is 4.79 Å². The quantitative estimate of drug-likeness (QED) is 0.752. The van der Waals surface area contributed by atoms with E-state index in [9.17, 15) is 18.0 Å². The largest absolute Gasteiger partial charge is 0.480 e. The number of hydrogen-bond acceptors (Lipinski definition) is 5. The van der Waals surface area contributed by atoms with Crippen LogP contribution in [-0.4, -0.2) is 49.5 Å². The normalized spacial score (nSPS) is 11.7. The van der Waals surface area contributed by atoms with Gasteiger partial charge in [-0.1, -0.05) is 12.1 Å². The number of carboxylic acid groups (broad SMARTS) is 1. The van der Waals surface area contributed by atoms with Crippen LogP contribution in [0.3, 0.4) is 0 Å². The van der Waals surface area contributed by atoms with Crippen molar-refractivity contribution >= 4 is 22.0 Å². The monoisotopic (exact) mass is 329 g/mol. The van der Waals surface area contributed by atoms with E-state index >= 15 is 0 Å². The number of esters is 1. The van der Waals surface area contributed by atoms with E-state index in [1.54, 1.807) is 26.0 Å². The number of aliphatic carboxylic acids is 1. The lowest BCUT2D eigenvalue weighted by Gasteiger charge is -2.24. The number of nitrogens with zero attached hydrogens (tertiary/aromatic N) is 1. The summed E-state index contributed by atoms with van der Waals surface area (Å²) >= 11 is 0. The number of rotatable bonds is 7. The van der Waals surface area contributed by atoms with Crippen LogP contribution in [0, 0.1) is 0 Å². The Balaban J connectivity index is 3.05. The van der Waals surface area contributed by atoms with Gasteiger partial charge in [0.25, 0.3) is 0 Å². The summed E-state index contributed by atoms with van der Waals surface area (Å²) in [4.78, 5) is 22.3. The molecule has 0 spiro atoms. The van der Waals surface area contributed by atoms with Gasteiger partial charge in [0.2, 0.25) is 10.0 Å². The molecule has 0 fully saturated rings. The van der Waals surface area contributed by atoms with Gasteiger partial charge < -0.3 is 9.84 Å². The molecule has 8 heteroatoms. The molecule has 0 amide bonds. The Hall–Kier alpha value is -1.93. The SMILES string of the molecule is COC(=O)c1cccc(CS(=O)(=O)N(CC(=O)O)C(C)C)c1. The molecule has 0 heterocycles. The van der Waals surface area contributed by atoms with Crippen molar-refractivity contribution in [1.82, 2.24) is 4.31 Å². The summed E-state index contributed by atoms with van der Waals surface area (Å²) in [6, 6.07) is 5.56. The lowest BCUT2D eigenvalue weighted by atomic mass is 10.1. The van der Waals surface area contributed by atoms with E-state index in [0.29, 0.717) is 5.56 Å². The van der Waals surface area contributed by atoms with Crippen LogP contribution in [0.4, 0.5) is 0 Å². The van der Waals surface area contributed by atoms with E-state index in [1.165, 1.54) is 19.2 Å². The minimum atomic E-state index is -3.82. The average Bonchev–Trinajstić information content (AvgIpc) is 2.43. The van der Waals surface area contributed by atoms with Crippen molar-refractivity contribution in [3.05, 3.63) is 35.4 Å². The Morgan fingerprint density at radius 3 is 2.45 bits per heavy atom. The van der Waals surface area contributed by atoms with Gasteiger partial charge in [-0.15, -0.1) is 0 Å². The maximum Gasteiger partial charge on any atom is 0.337 e. The fraction of sp³-hybridized carbons (Fsp3) is 0.429. The maximum atomic E-state index is 12.4. The highest BCUT2D eigenvalue weighted by Gasteiger charge is 2.27. The van der Waals surface area contributed by atoms with Crippen molar-refractivity contribution in [1.29, 1.82) is 0 Å². The van der Waals surface area contributed by atoms with Crippen molar-refractivity contribution in [2.45, 2.75) is 25.6 Å². The molecule has 0 bridgehead atoms.